The van der Waals surface area contributed by atoms with Crippen molar-refractivity contribution in [2.45, 2.75) is 59.5 Å². The predicted octanol–water partition coefficient (Wildman–Crippen LogP) is 5.10. The average molecular weight is 557 g/mol. The third-order valence-electron chi connectivity index (χ3n) is 6.06. The monoisotopic (exact) mass is 555 g/mol. The van der Waals surface area contributed by atoms with E-state index in [1.807, 2.05) is 39.8 Å². The number of aryl methyl sites for hydroxylation is 2. The fourth-order valence-electron chi connectivity index (χ4n) is 3.95. The molecule has 2 amide bonds. The smallest absolute Gasteiger partial charge is 0.242 e. The van der Waals surface area contributed by atoms with E-state index in [9.17, 15) is 18.0 Å². The molecule has 0 bridgehead atoms. The van der Waals surface area contributed by atoms with Crippen molar-refractivity contribution in [1.82, 2.24) is 10.2 Å². The highest BCUT2D eigenvalue weighted by molar-refractivity contribution is 7.92. The molecule has 198 valence electrons. The van der Waals surface area contributed by atoms with Crippen LogP contribution in [0.4, 0.5) is 5.69 Å². The van der Waals surface area contributed by atoms with Crippen molar-refractivity contribution in [3.63, 3.8) is 0 Å². The van der Waals surface area contributed by atoms with Crippen LogP contribution < -0.4 is 9.62 Å². The molecule has 0 radical (unpaired) electrons. The van der Waals surface area contributed by atoms with Crippen LogP contribution >= 0.6 is 23.2 Å². The van der Waals surface area contributed by atoms with Gasteiger partial charge in [-0.25, -0.2) is 8.42 Å². The van der Waals surface area contributed by atoms with Gasteiger partial charge >= 0.3 is 0 Å². The van der Waals surface area contributed by atoms with Crippen LogP contribution in [0.25, 0.3) is 0 Å². The van der Waals surface area contributed by atoms with Crippen LogP contribution in [0.15, 0.2) is 36.4 Å². The minimum absolute atomic E-state index is 0.0504. The molecular weight excluding hydrogens is 521 g/mol. The van der Waals surface area contributed by atoms with E-state index in [1.54, 1.807) is 24.3 Å². The van der Waals surface area contributed by atoms with Crippen LogP contribution in [0.3, 0.4) is 0 Å². The van der Waals surface area contributed by atoms with Crippen LogP contribution in [0, 0.1) is 13.8 Å². The maximum atomic E-state index is 13.4. The lowest BCUT2D eigenvalue weighted by Crippen LogP contribution is -2.49. The molecular formula is C26H35Cl2N3O4S. The first-order valence-corrected chi connectivity index (χ1v) is 14.6. The molecule has 2 aromatic carbocycles. The zero-order valence-electron chi connectivity index (χ0n) is 21.5. The Morgan fingerprint density at radius 1 is 1.03 bits per heavy atom. The van der Waals surface area contributed by atoms with Gasteiger partial charge in [-0.05, 0) is 69.0 Å². The van der Waals surface area contributed by atoms with Crippen molar-refractivity contribution in [3.8, 4) is 0 Å². The van der Waals surface area contributed by atoms with Gasteiger partial charge in [0.25, 0.3) is 0 Å². The Bertz CT molecular complexity index is 1170. The zero-order chi connectivity index (χ0) is 27.0. The van der Waals surface area contributed by atoms with Gasteiger partial charge in [0.1, 0.15) is 6.04 Å². The Hall–Kier alpha value is -2.29. The summed E-state index contributed by atoms with van der Waals surface area (Å²) in [5.41, 5.74) is 3.16. The number of benzene rings is 2. The molecule has 0 fully saturated rings. The van der Waals surface area contributed by atoms with Crippen molar-refractivity contribution in [2.75, 3.05) is 23.7 Å². The molecule has 2 rings (SSSR count). The van der Waals surface area contributed by atoms with Gasteiger partial charge in [0.05, 0.1) is 11.9 Å². The number of carbonyl (C=O) groups is 2. The number of amides is 2. The highest BCUT2D eigenvalue weighted by atomic mass is 35.5. The zero-order valence-corrected chi connectivity index (χ0v) is 23.8. The first-order chi connectivity index (χ1) is 16.9. The Balaban J connectivity index is 2.27. The highest BCUT2D eigenvalue weighted by Gasteiger charge is 2.29. The summed E-state index contributed by atoms with van der Waals surface area (Å²) >= 11 is 12.7. The first-order valence-electron chi connectivity index (χ1n) is 12.0. The molecule has 0 aliphatic rings. The van der Waals surface area contributed by atoms with Gasteiger partial charge in [-0.15, -0.1) is 0 Å². The summed E-state index contributed by atoms with van der Waals surface area (Å²) in [6, 6.07) is 9.84. The van der Waals surface area contributed by atoms with Crippen molar-refractivity contribution in [2.24, 2.45) is 0 Å². The third-order valence-corrected chi connectivity index (χ3v) is 7.96. The van der Waals surface area contributed by atoms with E-state index in [2.05, 4.69) is 5.32 Å². The van der Waals surface area contributed by atoms with Crippen LogP contribution in [-0.2, 0) is 26.2 Å². The van der Waals surface area contributed by atoms with Crippen LogP contribution in [-0.4, -0.2) is 50.5 Å². The minimum Gasteiger partial charge on any atom is -0.355 e. The van der Waals surface area contributed by atoms with Gasteiger partial charge in [-0.1, -0.05) is 42.3 Å². The summed E-state index contributed by atoms with van der Waals surface area (Å²) in [4.78, 5) is 27.7. The normalized spacial score (nSPS) is 12.2. The van der Waals surface area contributed by atoms with Crippen molar-refractivity contribution < 1.29 is 18.0 Å². The van der Waals surface area contributed by atoms with Gasteiger partial charge in [0.15, 0.2) is 0 Å². The molecule has 0 aliphatic carbocycles. The third kappa shape index (κ3) is 7.85. The van der Waals surface area contributed by atoms with E-state index in [0.717, 1.165) is 17.4 Å². The number of hydrogen-bond acceptors (Lipinski definition) is 4. The number of halogens is 2. The molecule has 1 N–H and O–H groups in total. The maximum Gasteiger partial charge on any atom is 0.242 e. The Kier molecular flexibility index (Phi) is 11.1. The molecule has 7 nitrogen and oxygen atoms in total. The largest absolute Gasteiger partial charge is 0.355 e. The van der Waals surface area contributed by atoms with Gasteiger partial charge in [0.2, 0.25) is 21.8 Å². The van der Waals surface area contributed by atoms with Crippen molar-refractivity contribution in [3.05, 3.63) is 63.1 Å². The molecule has 2 aromatic rings. The van der Waals surface area contributed by atoms with Gasteiger partial charge < -0.3 is 10.2 Å². The Morgan fingerprint density at radius 3 is 2.19 bits per heavy atom. The molecule has 0 saturated heterocycles. The summed E-state index contributed by atoms with van der Waals surface area (Å²) in [5, 5.41) is 3.60. The molecule has 0 spiro atoms. The number of hydrogen-bond donors (Lipinski definition) is 1. The second-order valence-corrected chi connectivity index (χ2v) is 11.5. The number of carbonyl (C=O) groups excluding carboxylic acids is 2. The molecule has 1 atom stereocenters. The number of nitrogens with zero attached hydrogens (tertiary/aromatic N) is 2. The summed E-state index contributed by atoms with van der Waals surface area (Å²) in [6.45, 7) is 8.16. The van der Waals surface area contributed by atoms with Crippen molar-refractivity contribution >= 4 is 50.7 Å². The second-order valence-electron chi connectivity index (χ2n) is 8.75. The van der Waals surface area contributed by atoms with Crippen molar-refractivity contribution in [1.29, 1.82) is 0 Å². The SMILES string of the molecule is CCNC(=O)[C@H](CC)N(Cc1c(Cl)cccc1Cl)C(=O)CCCN(c1ccc(C)c(C)c1)S(C)(=O)=O. The van der Waals surface area contributed by atoms with Gasteiger partial charge in [-0.2, -0.15) is 0 Å². The lowest BCUT2D eigenvalue weighted by atomic mass is 10.1. The molecule has 0 aliphatic heterocycles. The standard InChI is InChI=1S/C26H35Cl2N3O4S/c1-6-24(26(33)29-7-2)30(17-21-22(27)10-8-11-23(21)28)25(32)12-9-15-31(36(5,34)35)20-14-13-18(3)19(4)16-20/h8,10-11,13-14,16,24H,6-7,9,12,15,17H2,1-5H3,(H,29,33)/t24-/m0/s1. The van der Waals surface area contributed by atoms with Crippen LogP contribution in [0.2, 0.25) is 10.0 Å². The number of nitrogens with one attached hydrogen (secondary N) is 1. The molecule has 36 heavy (non-hydrogen) atoms. The van der Waals surface area contributed by atoms with Gasteiger partial charge in [-0.3, -0.25) is 13.9 Å². The number of anilines is 1. The molecule has 0 unspecified atom stereocenters. The summed E-state index contributed by atoms with van der Waals surface area (Å²) in [6.07, 6.45) is 1.88. The average Bonchev–Trinajstić information content (AvgIpc) is 2.79. The predicted molar refractivity (Wildman–Crippen MR) is 147 cm³/mol. The first kappa shape index (κ1) is 29.9. The van der Waals surface area contributed by atoms with E-state index >= 15 is 0 Å². The summed E-state index contributed by atoms with van der Waals surface area (Å²) in [7, 11) is -3.56. The highest BCUT2D eigenvalue weighted by Crippen LogP contribution is 2.28. The molecule has 0 saturated carbocycles. The van der Waals surface area contributed by atoms with E-state index in [-0.39, 0.29) is 37.7 Å². The lowest BCUT2D eigenvalue weighted by molar-refractivity contribution is -0.141. The van der Waals surface area contributed by atoms with E-state index in [4.69, 9.17) is 23.2 Å². The fourth-order valence-corrected chi connectivity index (χ4v) is 5.42. The lowest BCUT2D eigenvalue weighted by Gasteiger charge is -2.31. The summed E-state index contributed by atoms with van der Waals surface area (Å²) < 4.78 is 26.3. The second kappa shape index (κ2) is 13.3. The fraction of sp³-hybridized carbons (Fsp3) is 0.462. The van der Waals surface area contributed by atoms with E-state index in [1.165, 1.54) is 9.21 Å². The number of likely N-dealkylation sites (N-methyl/N-ethyl adjacent to an activating group) is 1. The number of rotatable bonds is 12. The minimum atomic E-state index is -3.56. The van der Waals surface area contributed by atoms with E-state index in [0.29, 0.717) is 34.3 Å². The van der Waals surface area contributed by atoms with Crippen LogP contribution in [0.5, 0.6) is 0 Å². The molecule has 10 heteroatoms. The molecule has 0 aromatic heterocycles. The maximum absolute atomic E-state index is 13.4. The quantitative estimate of drug-likeness (QED) is 0.394. The number of sulfonamides is 1. The summed E-state index contributed by atoms with van der Waals surface area (Å²) in [5.74, 6) is -0.540. The van der Waals surface area contributed by atoms with Crippen LogP contribution in [0.1, 0.15) is 49.8 Å². The Labute approximate surface area is 224 Å². The van der Waals surface area contributed by atoms with Gasteiger partial charge in [0, 0.05) is 41.7 Å². The Morgan fingerprint density at radius 2 is 1.67 bits per heavy atom. The molecule has 0 heterocycles. The topological polar surface area (TPSA) is 86.8 Å². The van der Waals surface area contributed by atoms with E-state index < -0.39 is 16.1 Å².